The third kappa shape index (κ3) is 9.54. The Morgan fingerprint density at radius 1 is 0.864 bits per heavy atom. The molecule has 0 aromatic heterocycles. The summed E-state index contributed by atoms with van der Waals surface area (Å²) in [4.78, 5) is 18.6. The van der Waals surface area contributed by atoms with E-state index in [-0.39, 0.29) is 88.6 Å². The van der Waals surface area contributed by atoms with Gasteiger partial charge in [-0.25, -0.2) is 13.2 Å². The van der Waals surface area contributed by atoms with Crippen molar-refractivity contribution in [3.05, 3.63) is 64.5 Å². The van der Waals surface area contributed by atoms with Gasteiger partial charge < -0.3 is 14.5 Å². The van der Waals surface area contributed by atoms with Crippen LogP contribution < -0.4 is 4.74 Å². The van der Waals surface area contributed by atoms with E-state index in [0.29, 0.717) is 30.8 Å². The van der Waals surface area contributed by atoms with Crippen LogP contribution >= 0.6 is 24.8 Å². The van der Waals surface area contributed by atoms with Crippen LogP contribution in [-0.4, -0.2) is 85.5 Å². The minimum absolute atomic E-state index is 0. The van der Waals surface area contributed by atoms with Crippen LogP contribution in [0.3, 0.4) is 0 Å². The molecular weight excluding hydrogens is 652 g/mol. The van der Waals surface area contributed by atoms with E-state index in [1.807, 2.05) is 9.80 Å². The first kappa shape index (κ1) is 37.8. The lowest BCUT2D eigenvalue weighted by Crippen LogP contribution is -2.57. The van der Waals surface area contributed by atoms with Crippen molar-refractivity contribution in [2.24, 2.45) is 0 Å². The number of likely N-dealkylation sites (tertiary alicyclic amines) is 1. The molecule has 2 heterocycles. The Bertz CT molecular complexity index is 1240. The number of piperazine rings is 1. The minimum Gasteiger partial charge on any atom is -0.494 e. The molecule has 2 aliphatic heterocycles. The van der Waals surface area contributed by atoms with E-state index >= 15 is 0 Å². The van der Waals surface area contributed by atoms with E-state index < -0.39 is 52.7 Å². The van der Waals surface area contributed by atoms with Gasteiger partial charge in [-0.1, -0.05) is 6.07 Å². The first-order valence-electron chi connectivity index (χ1n) is 13.3. The molecule has 16 heteroatoms. The van der Waals surface area contributed by atoms with Crippen LogP contribution in [0.25, 0.3) is 0 Å². The molecule has 5 nitrogen and oxygen atoms in total. The van der Waals surface area contributed by atoms with E-state index in [2.05, 4.69) is 0 Å². The number of hydrogen-bond acceptors (Lipinski definition) is 4. The zero-order valence-corrected chi connectivity index (χ0v) is 25.1. The number of alkyl halides is 8. The quantitative estimate of drug-likeness (QED) is 0.301. The van der Waals surface area contributed by atoms with Crippen LogP contribution in [0, 0.1) is 5.82 Å². The van der Waals surface area contributed by atoms with Gasteiger partial charge in [0.25, 0.3) is 11.8 Å². The average molecular weight is 684 g/mol. The number of carbonyl (C=O) groups is 1. The van der Waals surface area contributed by atoms with Crippen molar-refractivity contribution in [3.63, 3.8) is 0 Å². The van der Waals surface area contributed by atoms with Gasteiger partial charge in [-0.3, -0.25) is 9.69 Å². The second-order valence-corrected chi connectivity index (χ2v) is 10.6. The van der Waals surface area contributed by atoms with Crippen LogP contribution in [0.15, 0.2) is 36.4 Å². The van der Waals surface area contributed by atoms with E-state index in [1.165, 1.54) is 24.1 Å². The smallest absolute Gasteiger partial charge is 0.416 e. The second kappa shape index (κ2) is 14.8. The monoisotopic (exact) mass is 683 g/mol. The summed E-state index contributed by atoms with van der Waals surface area (Å²) in [6, 6.07) is 4.12. The average Bonchev–Trinajstić information content (AvgIpc) is 2.92. The predicted molar refractivity (Wildman–Crippen MR) is 149 cm³/mol. The summed E-state index contributed by atoms with van der Waals surface area (Å²) >= 11 is 0. The fraction of sp³-hybridized carbons (Fsp3) is 0.536. The summed E-state index contributed by atoms with van der Waals surface area (Å²) in [6.45, 7) is 1.85. The molecule has 0 saturated carbocycles. The number of hydrogen-bond donors (Lipinski definition) is 0. The fourth-order valence-corrected chi connectivity index (χ4v) is 5.30. The van der Waals surface area contributed by atoms with Gasteiger partial charge in [-0.05, 0) is 42.3 Å². The van der Waals surface area contributed by atoms with Crippen molar-refractivity contribution in [1.82, 2.24) is 14.7 Å². The lowest BCUT2D eigenvalue weighted by Gasteiger charge is -2.42. The number of methoxy groups -OCH3 is 1. The van der Waals surface area contributed by atoms with Gasteiger partial charge >= 0.3 is 12.4 Å². The third-order valence-electron chi connectivity index (χ3n) is 7.67. The molecule has 2 aliphatic rings. The van der Waals surface area contributed by atoms with Gasteiger partial charge in [0.1, 0.15) is 0 Å². The molecule has 0 unspecified atom stereocenters. The summed E-state index contributed by atoms with van der Waals surface area (Å²) in [5.41, 5.74) is -3.39. The molecule has 2 aromatic carbocycles. The van der Waals surface area contributed by atoms with Crippen molar-refractivity contribution in [3.8, 4) is 5.75 Å². The molecule has 1 atom stereocenters. The molecule has 0 spiro atoms. The molecule has 0 N–H and O–H groups in total. The first-order valence-corrected chi connectivity index (χ1v) is 13.3. The highest BCUT2D eigenvalue weighted by Crippen LogP contribution is 2.37. The Kier molecular flexibility index (Phi) is 12.7. The highest BCUT2D eigenvalue weighted by Gasteiger charge is 2.39. The maximum absolute atomic E-state index is 14.0. The largest absolute Gasteiger partial charge is 0.494 e. The van der Waals surface area contributed by atoms with Crippen molar-refractivity contribution in [2.45, 2.75) is 43.6 Å². The fourth-order valence-electron chi connectivity index (χ4n) is 5.30. The van der Waals surface area contributed by atoms with Crippen molar-refractivity contribution < 1.29 is 49.0 Å². The number of benzene rings is 2. The molecule has 44 heavy (non-hydrogen) atoms. The number of ether oxygens (including phenoxy) is 1. The van der Waals surface area contributed by atoms with Crippen LogP contribution in [0.5, 0.6) is 5.75 Å². The van der Waals surface area contributed by atoms with E-state index in [0.717, 1.165) is 6.07 Å². The standard InChI is InChI=1S/C28H30F9N3O2.2ClH/c1-42-24-13-18(2-3-23(24)29)12-22-17-39(9-8-38-6-4-26(30,31)5-7-38)10-11-40(22)25(41)19-14-20(27(32,33)34)16-21(15-19)28(35,36)37;;/h2-3,13-16,22H,4-12,17H2,1H3;2*1H/t22-;;/m1../s1. The lowest BCUT2D eigenvalue weighted by molar-refractivity contribution is -0.143. The maximum atomic E-state index is 14.0. The van der Waals surface area contributed by atoms with Crippen LogP contribution in [0.2, 0.25) is 0 Å². The topological polar surface area (TPSA) is 36.0 Å². The van der Waals surface area contributed by atoms with Gasteiger partial charge in [-0.2, -0.15) is 26.3 Å². The van der Waals surface area contributed by atoms with Gasteiger partial charge in [-0.15, -0.1) is 24.8 Å². The zero-order chi connectivity index (χ0) is 30.9. The maximum Gasteiger partial charge on any atom is 0.416 e. The van der Waals surface area contributed by atoms with Crippen LogP contribution in [0.1, 0.15) is 39.9 Å². The Balaban J connectivity index is 0.00000337. The molecule has 0 aliphatic carbocycles. The number of piperidine rings is 1. The highest BCUT2D eigenvalue weighted by molar-refractivity contribution is 5.95. The van der Waals surface area contributed by atoms with Crippen molar-refractivity contribution in [2.75, 3.05) is 52.9 Å². The molecule has 2 fully saturated rings. The molecule has 4 rings (SSSR count). The Hall–Kier alpha value is -2.42. The molecule has 0 radical (unpaired) electrons. The van der Waals surface area contributed by atoms with Crippen molar-refractivity contribution in [1.29, 1.82) is 0 Å². The van der Waals surface area contributed by atoms with E-state index in [9.17, 15) is 44.3 Å². The molecule has 2 saturated heterocycles. The summed E-state index contributed by atoms with van der Waals surface area (Å²) in [5.74, 6) is -4.38. The van der Waals surface area contributed by atoms with Crippen LogP contribution in [0.4, 0.5) is 39.5 Å². The summed E-state index contributed by atoms with van der Waals surface area (Å²) in [7, 11) is 1.27. The summed E-state index contributed by atoms with van der Waals surface area (Å²) in [5, 5.41) is 0. The lowest BCUT2D eigenvalue weighted by atomic mass is 9.98. The minimum atomic E-state index is -5.11. The van der Waals surface area contributed by atoms with Gasteiger partial charge in [0.2, 0.25) is 0 Å². The zero-order valence-electron chi connectivity index (χ0n) is 23.5. The number of nitrogens with zero attached hydrogens (tertiary/aromatic N) is 3. The highest BCUT2D eigenvalue weighted by atomic mass is 35.5. The Morgan fingerprint density at radius 2 is 1.43 bits per heavy atom. The van der Waals surface area contributed by atoms with Crippen molar-refractivity contribution >= 4 is 30.7 Å². The Labute approximate surface area is 261 Å². The summed E-state index contributed by atoms with van der Waals surface area (Å²) in [6.07, 6.45) is -10.6. The number of amides is 1. The van der Waals surface area contributed by atoms with Gasteiger partial charge in [0.05, 0.1) is 18.2 Å². The predicted octanol–water partition coefficient (Wildman–Crippen LogP) is 6.82. The summed E-state index contributed by atoms with van der Waals surface area (Å²) < 4.78 is 127. The normalized spacial score (nSPS) is 19.6. The number of halogens is 11. The van der Waals surface area contributed by atoms with Crippen LogP contribution in [-0.2, 0) is 18.8 Å². The van der Waals surface area contributed by atoms with Gasteiger partial charge in [0, 0.05) is 70.3 Å². The molecule has 0 bridgehead atoms. The van der Waals surface area contributed by atoms with Gasteiger partial charge in [0.15, 0.2) is 11.6 Å². The second-order valence-electron chi connectivity index (χ2n) is 10.6. The molecule has 248 valence electrons. The molecule has 1 amide bonds. The Morgan fingerprint density at radius 3 is 1.98 bits per heavy atom. The third-order valence-corrected chi connectivity index (χ3v) is 7.67. The SMILES string of the molecule is COc1cc(C[C@@H]2CN(CCN3CCC(F)(F)CC3)CCN2C(=O)c2cc(C(F)(F)F)cc(C(F)(F)F)c2)ccc1F.Cl.Cl. The van der Waals surface area contributed by atoms with E-state index in [1.54, 1.807) is 0 Å². The first-order chi connectivity index (χ1) is 19.6. The van der Waals surface area contributed by atoms with E-state index in [4.69, 9.17) is 4.74 Å². The number of rotatable bonds is 7. The number of carbonyl (C=O) groups excluding carboxylic acids is 1. The molecular formula is C28H32Cl2F9N3O2. The molecule has 2 aromatic rings.